The molecule has 0 aromatic carbocycles. The number of aliphatic hydroxyl groups is 12. The van der Waals surface area contributed by atoms with Crippen LogP contribution in [0.4, 0.5) is 0 Å². The van der Waals surface area contributed by atoms with E-state index < -0.39 is 159 Å². The predicted molar refractivity (Wildman–Crippen MR) is 261 cm³/mol. The Labute approximate surface area is 452 Å². The van der Waals surface area contributed by atoms with E-state index in [0.717, 1.165) is 38.5 Å². The zero-order chi connectivity index (χ0) is 56.7. The monoisotopic (exact) mass is 1120 g/mol. The van der Waals surface area contributed by atoms with Crippen molar-refractivity contribution in [2.75, 3.05) is 19.8 Å². The molecule has 0 aromatic heterocycles. The summed E-state index contributed by atoms with van der Waals surface area (Å²) < 4.78 is 55.0. The summed E-state index contributed by atoms with van der Waals surface area (Å²) in [7, 11) is 0. The number of hydrogen-bond donors (Lipinski definition) is 13. The third-order valence-corrected chi connectivity index (χ3v) is 22.1. The van der Waals surface area contributed by atoms with E-state index >= 15 is 0 Å². The van der Waals surface area contributed by atoms with Crippen molar-refractivity contribution >= 4 is 11.9 Å². The molecule has 24 nitrogen and oxygen atoms in total. The molecule has 78 heavy (non-hydrogen) atoms. The van der Waals surface area contributed by atoms with Crippen molar-refractivity contribution in [2.24, 2.45) is 50.2 Å². The summed E-state index contributed by atoms with van der Waals surface area (Å²) in [6, 6.07) is 0. The third-order valence-electron chi connectivity index (χ3n) is 22.1. The fourth-order valence-electron chi connectivity index (χ4n) is 17.0. The van der Waals surface area contributed by atoms with Gasteiger partial charge in [0.2, 0.25) is 0 Å². The molecule has 10 aliphatic rings. The number of rotatable bonds is 12. The number of carbonyl (C=O) groups excluding carboxylic acids is 1. The molecule has 2 bridgehead atoms. The second-order valence-electron chi connectivity index (χ2n) is 26.2. The average Bonchev–Trinajstić information content (AvgIpc) is 3.68. The number of carboxylic acids is 1. The number of ether oxygens (including phenoxy) is 9. The Kier molecular flexibility index (Phi) is 15.8. The minimum absolute atomic E-state index is 0.103. The van der Waals surface area contributed by atoms with Gasteiger partial charge < -0.3 is 109 Å². The zero-order valence-electron chi connectivity index (χ0n) is 45.3. The lowest BCUT2D eigenvalue weighted by Gasteiger charge is -2.71. The molecule has 10 rings (SSSR count). The summed E-state index contributed by atoms with van der Waals surface area (Å²) in [6.07, 6.45) is -29.8. The van der Waals surface area contributed by atoms with Gasteiger partial charge in [-0.1, -0.05) is 46.3 Å². The van der Waals surface area contributed by atoms with Crippen LogP contribution in [0.15, 0.2) is 11.6 Å². The van der Waals surface area contributed by atoms with Crippen molar-refractivity contribution in [1.82, 2.24) is 0 Å². The molecular weight excluding hydrogens is 1030 g/mol. The van der Waals surface area contributed by atoms with E-state index in [1.54, 1.807) is 0 Å². The van der Waals surface area contributed by atoms with E-state index in [2.05, 4.69) is 33.8 Å². The number of aliphatic carboxylic acids is 1. The highest BCUT2D eigenvalue weighted by Gasteiger charge is 2.72. The molecule has 0 amide bonds. The maximum absolute atomic E-state index is 13.3. The molecule has 5 heterocycles. The maximum atomic E-state index is 13.3. The quantitative estimate of drug-likeness (QED) is 0.0575. The number of fused-ring (bicyclic) bond motifs is 10. The number of aliphatic hydroxyl groups excluding tert-OH is 12. The summed E-state index contributed by atoms with van der Waals surface area (Å²) >= 11 is 0. The van der Waals surface area contributed by atoms with Crippen molar-refractivity contribution in [2.45, 2.75) is 241 Å². The Balaban J connectivity index is 0.955. The topological polar surface area (TPSA) is 380 Å². The van der Waals surface area contributed by atoms with E-state index in [-0.39, 0.29) is 58.1 Å². The Hall–Kier alpha value is -2.12. The molecule has 0 spiro atoms. The van der Waals surface area contributed by atoms with Crippen LogP contribution in [0.2, 0.25) is 0 Å². The molecule has 31 unspecified atom stereocenters. The molecule has 13 N–H and O–H groups in total. The minimum Gasteiger partial charge on any atom is -0.479 e. The largest absolute Gasteiger partial charge is 0.479 e. The van der Waals surface area contributed by atoms with E-state index in [0.29, 0.717) is 19.3 Å². The van der Waals surface area contributed by atoms with E-state index in [1.165, 1.54) is 12.5 Å². The predicted octanol–water partition coefficient (Wildman–Crippen LogP) is -1.93. The van der Waals surface area contributed by atoms with Gasteiger partial charge in [-0.3, -0.25) is 4.79 Å². The molecule has 4 saturated carbocycles. The Morgan fingerprint density at radius 1 is 0.603 bits per heavy atom. The lowest BCUT2D eigenvalue weighted by Crippen LogP contribution is -2.69. The van der Waals surface area contributed by atoms with E-state index in [4.69, 9.17) is 42.6 Å². The van der Waals surface area contributed by atoms with Gasteiger partial charge in [0.15, 0.2) is 31.3 Å². The number of hydrogen-bond acceptors (Lipinski definition) is 23. The number of carbonyl (C=O) groups is 2. The fourth-order valence-corrected chi connectivity index (χ4v) is 17.0. The van der Waals surface area contributed by atoms with Crippen molar-refractivity contribution in [3.8, 4) is 0 Å². The molecule has 444 valence electrons. The van der Waals surface area contributed by atoms with Crippen LogP contribution >= 0.6 is 0 Å². The van der Waals surface area contributed by atoms with Crippen LogP contribution in [0, 0.1) is 50.2 Å². The van der Waals surface area contributed by atoms with Crippen LogP contribution in [0.3, 0.4) is 0 Å². The van der Waals surface area contributed by atoms with Crippen molar-refractivity contribution < 1.29 is 119 Å². The fraction of sp³-hybridized carbons (Fsp3) is 0.926. The second kappa shape index (κ2) is 20.9. The molecule has 5 saturated heterocycles. The smallest absolute Gasteiger partial charge is 0.335 e. The number of carboxylic acid groups (broad SMARTS) is 1. The molecule has 5 aliphatic heterocycles. The normalized spacial score (nSPS) is 56.8. The van der Waals surface area contributed by atoms with Gasteiger partial charge in [0.05, 0.1) is 37.4 Å². The zero-order valence-corrected chi connectivity index (χ0v) is 45.3. The molecular formula is C54H84O24. The first kappa shape index (κ1) is 59.1. The highest BCUT2D eigenvalue weighted by molar-refractivity contribution is 5.79. The van der Waals surface area contributed by atoms with Gasteiger partial charge in [-0.05, 0) is 99.2 Å². The van der Waals surface area contributed by atoms with E-state index in [1.807, 2.05) is 13.8 Å². The summed E-state index contributed by atoms with van der Waals surface area (Å²) in [6.45, 7) is 12.5. The van der Waals surface area contributed by atoms with Gasteiger partial charge in [-0.15, -0.1) is 0 Å². The molecule has 31 atom stereocenters. The van der Waals surface area contributed by atoms with Crippen molar-refractivity contribution in [1.29, 1.82) is 0 Å². The Morgan fingerprint density at radius 3 is 1.86 bits per heavy atom. The van der Waals surface area contributed by atoms with Gasteiger partial charge in [-0.25, -0.2) is 4.79 Å². The standard InChI is InChI=1S/C54H84O24/c1-21-30(58)33(61)37(65)44(70-21)78-42-39(75-45-38(66)34(62)31(59)24(18-55)71-45)32(60)25(19-56)72-47(42)77-41-36(64)35(63)40(43(67)68)76-46(41)73-28-11-12-51(4)26(52(28,5)20-57)10-13-54(7)27(51)9-8-22-23-16-49(2)17-29(74-48(49)69)50(23,3)14-15-53(22,54)6/h8,21,23-42,44-47,55-66H,9-20H2,1-7H3,(H,67,68). The highest BCUT2D eigenvalue weighted by Crippen LogP contribution is 2.76. The van der Waals surface area contributed by atoms with Gasteiger partial charge in [0.25, 0.3) is 0 Å². The van der Waals surface area contributed by atoms with Crippen molar-refractivity contribution in [3.63, 3.8) is 0 Å². The average molecular weight is 1120 g/mol. The van der Waals surface area contributed by atoms with Crippen LogP contribution in [0.5, 0.6) is 0 Å². The van der Waals surface area contributed by atoms with Crippen LogP contribution in [-0.4, -0.2) is 233 Å². The van der Waals surface area contributed by atoms with Crippen LogP contribution in [0.1, 0.15) is 106 Å². The molecule has 24 heteroatoms. The first-order valence-electron chi connectivity index (χ1n) is 27.9. The SMILES string of the molecule is CC1OC(OC2C(OC3C(OC4CCC5(C)C(CCC6(C)C5CC=C5C7CC8(C)CC(OC8=O)C7(C)CCC56C)C4(C)CO)OC(C(=O)O)C(O)C3O)OC(CO)C(O)C2OC2OC(CO)C(O)C(O)C2O)C(O)C(O)C1O. The summed E-state index contributed by atoms with van der Waals surface area (Å²) in [5, 5.41) is 142. The van der Waals surface area contributed by atoms with Crippen molar-refractivity contribution in [3.05, 3.63) is 11.6 Å². The Bertz CT molecular complexity index is 2260. The van der Waals surface area contributed by atoms with Crippen LogP contribution in [0.25, 0.3) is 0 Å². The van der Waals surface area contributed by atoms with Gasteiger partial charge in [-0.2, -0.15) is 0 Å². The number of esters is 1. The minimum atomic E-state index is -2.19. The van der Waals surface area contributed by atoms with Gasteiger partial charge >= 0.3 is 11.9 Å². The Morgan fingerprint density at radius 2 is 1.21 bits per heavy atom. The second-order valence-corrected chi connectivity index (χ2v) is 26.2. The van der Waals surface area contributed by atoms with Crippen LogP contribution < -0.4 is 0 Å². The lowest BCUT2D eigenvalue weighted by atomic mass is 9.33. The molecule has 9 fully saturated rings. The summed E-state index contributed by atoms with van der Waals surface area (Å²) in [5.74, 6) is -1.59. The maximum Gasteiger partial charge on any atom is 0.335 e. The first-order chi connectivity index (χ1) is 36.6. The molecule has 0 aromatic rings. The van der Waals surface area contributed by atoms with Gasteiger partial charge in [0, 0.05) is 17.3 Å². The van der Waals surface area contributed by atoms with E-state index in [9.17, 15) is 76.0 Å². The molecule has 0 radical (unpaired) electrons. The number of allylic oxidation sites excluding steroid dienone is 2. The lowest BCUT2D eigenvalue weighted by molar-refractivity contribution is -0.410. The third kappa shape index (κ3) is 8.91. The summed E-state index contributed by atoms with van der Waals surface area (Å²) in [4.78, 5) is 26.0. The summed E-state index contributed by atoms with van der Waals surface area (Å²) in [5.41, 5.74) is -1.03. The highest BCUT2D eigenvalue weighted by atomic mass is 16.8. The first-order valence-corrected chi connectivity index (χ1v) is 27.9. The van der Waals surface area contributed by atoms with Gasteiger partial charge in [0.1, 0.15) is 91.6 Å². The molecule has 5 aliphatic carbocycles. The van der Waals surface area contributed by atoms with Crippen LogP contribution in [-0.2, 0) is 52.2 Å².